The first kappa shape index (κ1) is 11.1. The molecule has 86 valence electrons. The molecule has 0 bridgehead atoms. The van der Waals surface area contributed by atoms with Crippen LogP contribution in [-0.4, -0.2) is 25.3 Å². The van der Waals surface area contributed by atoms with Gasteiger partial charge in [-0.2, -0.15) is 0 Å². The van der Waals surface area contributed by atoms with E-state index in [-0.39, 0.29) is 12.1 Å². The van der Waals surface area contributed by atoms with Crippen LogP contribution in [0.1, 0.15) is 22.3 Å². The molecule has 2 rings (SSSR count). The van der Waals surface area contributed by atoms with Crippen molar-refractivity contribution in [1.29, 1.82) is 0 Å². The van der Waals surface area contributed by atoms with Gasteiger partial charge in [-0.3, -0.25) is 0 Å². The third-order valence-corrected chi connectivity index (χ3v) is 2.56. The van der Waals surface area contributed by atoms with E-state index in [2.05, 4.69) is 0 Å². The Bertz CT molecular complexity index is 372. The lowest BCUT2D eigenvalue weighted by Crippen LogP contribution is -2.18. The second kappa shape index (κ2) is 5.09. The molecule has 0 radical (unpaired) electrons. The molecule has 0 amide bonds. The van der Waals surface area contributed by atoms with Crippen molar-refractivity contribution in [2.24, 2.45) is 5.73 Å². The average molecular weight is 221 g/mol. The Hall–Kier alpha value is -1.39. The van der Waals surface area contributed by atoms with Crippen molar-refractivity contribution in [2.45, 2.75) is 19.1 Å². The van der Waals surface area contributed by atoms with Gasteiger partial charge in [-0.1, -0.05) is 12.1 Å². The Morgan fingerprint density at radius 2 is 2.44 bits per heavy atom. The molecule has 1 unspecified atom stereocenters. The van der Waals surface area contributed by atoms with Gasteiger partial charge in [0.05, 0.1) is 18.8 Å². The molecular weight excluding hydrogens is 206 g/mol. The summed E-state index contributed by atoms with van der Waals surface area (Å²) in [5, 5.41) is 0. The number of benzene rings is 1. The number of nitrogens with two attached hydrogens (primary N) is 1. The Kier molecular flexibility index (Phi) is 3.54. The van der Waals surface area contributed by atoms with Crippen LogP contribution >= 0.6 is 0 Å². The van der Waals surface area contributed by atoms with Gasteiger partial charge in [-0.25, -0.2) is 4.79 Å². The van der Waals surface area contributed by atoms with Crippen LogP contribution in [-0.2, 0) is 16.0 Å². The van der Waals surface area contributed by atoms with E-state index >= 15 is 0 Å². The number of ether oxygens (including phenoxy) is 2. The zero-order chi connectivity index (χ0) is 11.4. The highest BCUT2D eigenvalue weighted by Gasteiger charge is 2.20. The zero-order valence-electron chi connectivity index (χ0n) is 9.02. The third-order valence-electron chi connectivity index (χ3n) is 2.56. The highest BCUT2D eigenvalue weighted by molar-refractivity contribution is 5.89. The molecule has 4 heteroatoms. The fourth-order valence-corrected chi connectivity index (χ4v) is 1.65. The molecule has 1 aliphatic heterocycles. The fourth-order valence-electron chi connectivity index (χ4n) is 1.65. The van der Waals surface area contributed by atoms with E-state index in [0.29, 0.717) is 25.3 Å². The normalized spacial score (nSPS) is 19.7. The lowest BCUT2D eigenvalue weighted by molar-refractivity contribution is 0.0270. The van der Waals surface area contributed by atoms with Gasteiger partial charge in [-0.05, 0) is 17.7 Å². The molecule has 0 aromatic heterocycles. The van der Waals surface area contributed by atoms with Gasteiger partial charge in [0.25, 0.3) is 0 Å². The van der Waals surface area contributed by atoms with Crippen LogP contribution in [0.25, 0.3) is 0 Å². The molecule has 1 aliphatic rings. The molecule has 0 spiro atoms. The third kappa shape index (κ3) is 2.59. The predicted octanol–water partition coefficient (Wildman–Crippen LogP) is 1.09. The summed E-state index contributed by atoms with van der Waals surface area (Å²) < 4.78 is 10.4. The predicted molar refractivity (Wildman–Crippen MR) is 59.0 cm³/mol. The average Bonchev–Trinajstić information content (AvgIpc) is 2.82. The van der Waals surface area contributed by atoms with E-state index in [4.69, 9.17) is 15.2 Å². The summed E-state index contributed by atoms with van der Waals surface area (Å²) in [6.07, 6.45) is 0.677. The molecular formula is C12H15NO3. The Balaban J connectivity index is 2.01. The van der Waals surface area contributed by atoms with Crippen molar-refractivity contribution >= 4 is 5.97 Å². The number of esters is 1. The fraction of sp³-hybridized carbons (Fsp3) is 0.417. The lowest BCUT2D eigenvalue weighted by Gasteiger charge is -2.10. The van der Waals surface area contributed by atoms with Crippen LogP contribution in [0.3, 0.4) is 0 Å². The number of rotatable bonds is 3. The summed E-state index contributed by atoms with van der Waals surface area (Å²) in [5.41, 5.74) is 6.99. The highest BCUT2D eigenvalue weighted by atomic mass is 16.6. The molecule has 1 heterocycles. The molecule has 1 saturated heterocycles. The van der Waals surface area contributed by atoms with Crippen LogP contribution in [0.5, 0.6) is 0 Å². The molecule has 0 saturated carbocycles. The van der Waals surface area contributed by atoms with E-state index < -0.39 is 0 Å². The first-order chi connectivity index (χ1) is 7.79. The molecule has 4 nitrogen and oxygen atoms in total. The van der Waals surface area contributed by atoms with Crippen LogP contribution in [0, 0.1) is 0 Å². The minimum absolute atomic E-state index is 0.103. The van der Waals surface area contributed by atoms with Crippen LogP contribution in [0.4, 0.5) is 0 Å². The smallest absolute Gasteiger partial charge is 0.338 e. The number of carbonyl (C=O) groups is 1. The second-order valence-electron chi connectivity index (χ2n) is 3.80. The SMILES string of the molecule is NCc1cccc(C(=O)OC2CCOC2)c1. The maximum Gasteiger partial charge on any atom is 0.338 e. The lowest BCUT2D eigenvalue weighted by atomic mass is 10.1. The minimum Gasteiger partial charge on any atom is -0.456 e. The van der Waals surface area contributed by atoms with E-state index in [1.165, 1.54) is 0 Å². The maximum atomic E-state index is 11.8. The van der Waals surface area contributed by atoms with Gasteiger partial charge in [0.2, 0.25) is 0 Å². The van der Waals surface area contributed by atoms with Crippen LogP contribution in [0.15, 0.2) is 24.3 Å². The van der Waals surface area contributed by atoms with Crippen molar-refractivity contribution in [2.75, 3.05) is 13.2 Å². The first-order valence-corrected chi connectivity index (χ1v) is 5.37. The van der Waals surface area contributed by atoms with E-state index in [1.807, 2.05) is 12.1 Å². The summed E-state index contributed by atoms with van der Waals surface area (Å²) in [6, 6.07) is 7.19. The van der Waals surface area contributed by atoms with Gasteiger partial charge in [-0.15, -0.1) is 0 Å². The van der Waals surface area contributed by atoms with Gasteiger partial charge in [0.15, 0.2) is 0 Å². The van der Waals surface area contributed by atoms with E-state index in [0.717, 1.165) is 12.0 Å². The minimum atomic E-state index is -0.300. The number of hydrogen-bond donors (Lipinski definition) is 1. The monoisotopic (exact) mass is 221 g/mol. The van der Waals surface area contributed by atoms with Crippen molar-refractivity contribution in [3.05, 3.63) is 35.4 Å². The number of hydrogen-bond acceptors (Lipinski definition) is 4. The standard InChI is InChI=1S/C12H15NO3/c13-7-9-2-1-3-10(6-9)12(14)16-11-4-5-15-8-11/h1-3,6,11H,4-5,7-8,13H2. The topological polar surface area (TPSA) is 61.6 Å². The number of carbonyl (C=O) groups excluding carboxylic acids is 1. The largest absolute Gasteiger partial charge is 0.456 e. The van der Waals surface area contributed by atoms with E-state index in [9.17, 15) is 4.79 Å². The van der Waals surface area contributed by atoms with Crippen LogP contribution in [0.2, 0.25) is 0 Å². The Labute approximate surface area is 94.3 Å². The molecule has 0 aliphatic carbocycles. The van der Waals surface area contributed by atoms with Crippen molar-refractivity contribution in [3.8, 4) is 0 Å². The van der Waals surface area contributed by atoms with Crippen molar-refractivity contribution in [1.82, 2.24) is 0 Å². The molecule has 1 aromatic rings. The summed E-state index contributed by atoms with van der Waals surface area (Å²) in [4.78, 5) is 11.8. The van der Waals surface area contributed by atoms with Gasteiger partial charge >= 0.3 is 5.97 Å². The Morgan fingerprint density at radius 1 is 1.56 bits per heavy atom. The van der Waals surface area contributed by atoms with Crippen molar-refractivity contribution in [3.63, 3.8) is 0 Å². The zero-order valence-corrected chi connectivity index (χ0v) is 9.02. The van der Waals surface area contributed by atoms with E-state index in [1.54, 1.807) is 12.1 Å². The van der Waals surface area contributed by atoms with Gasteiger partial charge in [0, 0.05) is 13.0 Å². The molecule has 2 N–H and O–H groups in total. The molecule has 1 atom stereocenters. The molecule has 1 fully saturated rings. The van der Waals surface area contributed by atoms with Crippen molar-refractivity contribution < 1.29 is 14.3 Å². The summed E-state index contributed by atoms with van der Waals surface area (Å²) in [7, 11) is 0. The first-order valence-electron chi connectivity index (χ1n) is 5.37. The Morgan fingerprint density at radius 3 is 3.12 bits per heavy atom. The van der Waals surface area contributed by atoms with Crippen LogP contribution < -0.4 is 5.73 Å². The molecule has 16 heavy (non-hydrogen) atoms. The highest BCUT2D eigenvalue weighted by Crippen LogP contribution is 2.12. The van der Waals surface area contributed by atoms with Gasteiger partial charge in [0.1, 0.15) is 6.10 Å². The summed E-state index contributed by atoms with van der Waals surface area (Å²) >= 11 is 0. The van der Waals surface area contributed by atoms with Gasteiger partial charge < -0.3 is 15.2 Å². The maximum absolute atomic E-state index is 11.8. The summed E-state index contributed by atoms with van der Waals surface area (Å²) in [5.74, 6) is -0.300. The second-order valence-corrected chi connectivity index (χ2v) is 3.80. The summed E-state index contributed by atoms with van der Waals surface area (Å²) in [6.45, 7) is 1.59. The quantitative estimate of drug-likeness (QED) is 0.776. The molecule has 1 aromatic carbocycles.